The SMILES string of the molecule is COc1cccc(C(C)NC(C)c2ccc(O)cc2)c1. The average Bonchev–Trinajstić information content (AvgIpc) is 2.47. The largest absolute Gasteiger partial charge is 0.508 e. The Balaban J connectivity index is 2.06. The second-order valence-electron chi connectivity index (χ2n) is 4.98. The fraction of sp³-hybridized carbons (Fsp3) is 0.294. The fourth-order valence-corrected chi connectivity index (χ4v) is 2.24. The van der Waals surface area contributed by atoms with Gasteiger partial charge in [-0.3, -0.25) is 0 Å². The molecule has 106 valence electrons. The number of rotatable bonds is 5. The molecule has 3 nitrogen and oxygen atoms in total. The number of nitrogens with one attached hydrogen (secondary N) is 1. The van der Waals surface area contributed by atoms with Crippen molar-refractivity contribution in [3.8, 4) is 11.5 Å². The summed E-state index contributed by atoms with van der Waals surface area (Å²) < 4.78 is 5.25. The van der Waals surface area contributed by atoms with Crippen LogP contribution in [0.15, 0.2) is 48.5 Å². The molecule has 0 aliphatic carbocycles. The zero-order chi connectivity index (χ0) is 14.5. The Labute approximate surface area is 120 Å². The van der Waals surface area contributed by atoms with E-state index in [9.17, 15) is 5.11 Å². The van der Waals surface area contributed by atoms with Crippen LogP contribution >= 0.6 is 0 Å². The van der Waals surface area contributed by atoms with Gasteiger partial charge in [-0.15, -0.1) is 0 Å². The summed E-state index contributed by atoms with van der Waals surface area (Å²) in [6.45, 7) is 4.24. The average molecular weight is 271 g/mol. The number of hydrogen-bond acceptors (Lipinski definition) is 3. The zero-order valence-corrected chi connectivity index (χ0v) is 12.1. The van der Waals surface area contributed by atoms with Crippen molar-refractivity contribution in [2.24, 2.45) is 0 Å². The summed E-state index contributed by atoms with van der Waals surface area (Å²) in [7, 11) is 1.68. The van der Waals surface area contributed by atoms with Crippen molar-refractivity contribution in [2.75, 3.05) is 7.11 Å². The van der Waals surface area contributed by atoms with E-state index in [0.717, 1.165) is 11.3 Å². The molecule has 2 N–H and O–H groups in total. The molecule has 2 atom stereocenters. The second-order valence-corrected chi connectivity index (χ2v) is 4.98. The highest BCUT2D eigenvalue weighted by molar-refractivity contribution is 5.31. The quantitative estimate of drug-likeness (QED) is 0.868. The third kappa shape index (κ3) is 3.52. The molecule has 2 rings (SSSR count). The van der Waals surface area contributed by atoms with E-state index < -0.39 is 0 Å². The Morgan fingerprint density at radius 3 is 2.25 bits per heavy atom. The van der Waals surface area contributed by atoms with Gasteiger partial charge in [-0.25, -0.2) is 0 Å². The van der Waals surface area contributed by atoms with E-state index in [-0.39, 0.29) is 12.1 Å². The number of methoxy groups -OCH3 is 1. The minimum Gasteiger partial charge on any atom is -0.508 e. The minimum absolute atomic E-state index is 0.205. The van der Waals surface area contributed by atoms with Crippen LogP contribution < -0.4 is 10.1 Å². The topological polar surface area (TPSA) is 41.5 Å². The van der Waals surface area contributed by atoms with Gasteiger partial charge in [-0.2, -0.15) is 0 Å². The monoisotopic (exact) mass is 271 g/mol. The molecule has 20 heavy (non-hydrogen) atoms. The van der Waals surface area contributed by atoms with E-state index in [2.05, 4.69) is 25.2 Å². The predicted molar refractivity (Wildman–Crippen MR) is 81.1 cm³/mol. The number of phenols is 1. The van der Waals surface area contributed by atoms with Crippen LogP contribution in [-0.2, 0) is 0 Å². The van der Waals surface area contributed by atoms with Crippen molar-refractivity contribution >= 4 is 0 Å². The van der Waals surface area contributed by atoms with Crippen molar-refractivity contribution < 1.29 is 9.84 Å². The summed E-state index contributed by atoms with van der Waals surface area (Å²) in [4.78, 5) is 0. The lowest BCUT2D eigenvalue weighted by molar-refractivity contribution is 0.412. The maximum absolute atomic E-state index is 9.32. The third-order valence-corrected chi connectivity index (χ3v) is 3.49. The Bertz CT molecular complexity index is 551. The normalized spacial score (nSPS) is 13.8. The van der Waals surface area contributed by atoms with Crippen molar-refractivity contribution in [2.45, 2.75) is 25.9 Å². The van der Waals surface area contributed by atoms with Gasteiger partial charge < -0.3 is 15.2 Å². The lowest BCUT2D eigenvalue weighted by Crippen LogP contribution is -2.22. The van der Waals surface area contributed by atoms with Crippen LogP contribution in [0.25, 0.3) is 0 Å². The van der Waals surface area contributed by atoms with Gasteiger partial charge in [0, 0.05) is 12.1 Å². The molecule has 2 aromatic carbocycles. The highest BCUT2D eigenvalue weighted by Gasteiger charge is 2.11. The molecule has 0 fully saturated rings. The lowest BCUT2D eigenvalue weighted by Gasteiger charge is -2.21. The van der Waals surface area contributed by atoms with Crippen LogP contribution in [0.1, 0.15) is 37.1 Å². The predicted octanol–water partition coefficient (Wildman–Crippen LogP) is 3.81. The van der Waals surface area contributed by atoms with Crippen molar-refractivity contribution in [1.29, 1.82) is 0 Å². The fourth-order valence-electron chi connectivity index (χ4n) is 2.24. The van der Waals surface area contributed by atoms with Crippen LogP contribution in [0.4, 0.5) is 0 Å². The van der Waals surface area contributed by atoms with Gasteiger partial charge in [0.1, 0.15) is 11.5 Å². The van der Waals surface area contributed by atoms with E-state index in [1.807, 2.05) is 30.3 Å². The van der Waals surface area contributed by atoms with E-state index in [1.54, 1.807) is 19.2 Å². The first-order chi connectivity index (χ1) is 9.60. The first kappa shape index (κ1) is 14.4. The molecule has 0 amide bonds. The number of aromatic hydroxyl groups is 1. The first-order valence-electron chi connectivity index (χ1n) is 6.79. The molecule has 0 saturated carbocycles. The minimum atomic E-state index is 0.205. The number of phenolic OH excluding ortho intramolecular Hbond substituents is 1. The molecule has 0 aliphatic heterocycles. The first-order valence-corrected chi connectivity index (χ1v) is 6.79. The van der Waals surface area contributed by atoms with E-state index in [0.29, 0.717) is 5.75 Å². The Morgan fingerprint density at radius 2 is 1.60 bits per heavy atom. The Hall–Kier alpha value is -2.00. The molecule has 0 spiro atoms. The summed E-state index contributed by atoms with van der Waals surface area (Å²) in [5.74, 6) is 1.16. The molecule has 2 aromatic rings. The van der Waals surface area contributed by atoms with Crippen LogP contribution in [0.3, 0.4) is 0 Å². The van der Waals surface area contributed by atoms with E-state index >= 15 is 0 Å². The standard InChI is InChI=1S/C17H21NO2/c1-12(14-7-9-16(19)10-8-14)18-13(2)15-5-4-6-17(11-15)20-3/h4-13,18-19H,1-3H3. The van der Waals surface area contributed by atoms with Gasteiger partial charge >= 0.3 is 0 Å². The smallest absolute Gasteiger partial charge is 0.119 e. The molecule has 0 bridgehead atoms. The van der Waals surface area contributed by atoms with Crippen LogP contribution in [0.2, 0.25) is 0 Å². The Morgan fingerprint density at radius 1 is 0.950 bits per heavy atom. The van der Waals surface area contributed by atoms with Gasteiger partial charge in [0.15, 0.2) is 0 Å². The number of ether oxygens (including phenoxy) is 1. The maximum Gasteiger partial charge on any atom is 0.119 e. The van der Waals surface area contributed by atoms with Gasteiger partial charge in [-0.1, -0.05) is 24.3 Å². The van der Waals surface area contributed by atoms with Gasteiger partial charge in [0.2, 0.25) is 0 Å². The van der Waals surface area contributed by atoms with Crippen LogP contribution in [0, 0.1) is 0 Å². The van der Waals surface area contributed by atoms with Gasteiger partial charge in [0.25, 0.3) is 0 Å². The van der Waals surface area contributed by atoms with Crippen molar-refractivity contribution in [3.63, 3.8) is 0 Å². The molecule has 0 heterocycles. The highest BCUT2D eigenvalue weighted by atomic mass is 16.5. The number of hydrogen-bond donors (Lipinski definition) is 2. The molecule has 0 radical (unpaired) electrons. The summed E-state index contributed by atoms with van der Waals surface area (Å²) in [5, 5.41) is 12.9. The third-order valence-electron chi connectivity index (χ3n) is 3.49. The Kier molecular flexibility index (Phi) is 4.64. The highest BCUT2D eigenvalue weighted by Crippen LogP contribution is 2.23. The molecular formula is C17H21NO2. The van der Waals surface area contributed by atoms with Gasteiger partial charge in [-0.05, 0) is 49.2 Å². The van der Waals surface area contributed by atoms with E-state index in [1.165, 1.54) is 5.56 Å². The van der Waals surface area contributed by atoms with Crippen LogP contribution in [-0.4, -0.2) is 12.2 Å². The summed E-state index contributed by atoms with van der Waals surface area (Å²) in [6.07, 6.45) is 0. The second kappa shape index (κ2) is 6.44. The summed E-state index contributed by atoms with van der Waals surface area (Å²) in [5.41, 5.74) is 2.34. The lowest BCUT2D eigenvalue weighted by atomic mass is 10.0. The summed E-state index contributed by atoms with van der Waals surface area (Å²) in [6, 6.07) is 15.8. The van der Waals surface area contributed by atoms with Crippen molar-refractivity contribution in [1.82, 2.24) is 5.32 Å². The molecule has 0 saturated heterocycles. The molecule has 2 unspecified atom stereocenters. The molecule has 3 heteroatoms. The zero-order valence-electron chi connectivity index (χ0n) is 12.1. The molecular weight excluding hydrogens is 250 g/mol. The maximum atomic E-state index is 9.32. The van der Waals surface area contributed by atoms with Gasteiger partial charge in [0.05, 0.1) is 7.11 Å². The van der Waals surface area contributed by atoms with Crippen molar-refractivity contribution in [3.05, 3.63) is 59.7 Å². The van der Waals surface area contributed by atoms with E-state index in [4.69, 9.17) is 4.74 Å². The summed E-state index contributed by atoms with van der Waals surface area (Å²) >= 11 is 0. The molecule has 0 aliphatic rings. The molecule has 0 aromatic heterocycles. The van der Waals surface area contributed by atoms with Crippen LogP contribution in [0.5, 0.6) is 11.5 Å². The number of benzene rings is 2.